The Labute approximate surface area is 101 Å². The van der Waals surface area contributed by atoms with Gasteiger partial charge in [0.2, 0.25) is 0 Å². The average Bonchev–Trinajstić information content (AvgIpc) is 2.65. The molecule has 0 saturated heterocycles. The molecule has 2 N–H and O–H groups in total. The maximum absolute atomic E-state index is 5.72. The van der Waals surface area contributed by atoms with Crippen molar-refractivity contribution in [3.8, 4) is 5.82 Å². The van der Waals surface area contributed by atoms with Crippen LogP contribution in [0.25, 0.3) is 5.82 Å². The second kappa shape index (κ2) is 4.63. The normalized spacial score (nSPS) is 12.7. The highest BCUT2D eigenvalue weighted by atomic mass is 15.3. The van der Waals surface area contributed by atoms with Gasteiger partial charge < -0.3 is 5.73 Å². The molecule has 90 valence electrons. The van der Waals surface area contributed by atoms with E-state index in [-0.39, 0.29) is 0 Å². The molecule has 2 aromatic heterocycles. The molecule has 2 heterocycles. The Morgan fingerprint density at radius 1 is 1.41 bits per heavy atom. The number of hydrogen-bond acceptors (Lipinski definition) is 4. The average molecular weight is 231 g/mol. The standard InChI is InChI=1S/C12H17N5/c1-8(7-13)12-9(2)16-17(10(12)3)11-5-4-6-14-15-11/h4-6,8H,7,13H2,1-3H3. The van der Waals surface area contributed by atoms with Crippen molar-refractivity contribution in [2.75, 3.05) is 6.54 Å². The molecule has 17 heavy (non-hydrogen) atoms. The monoisotopic (exact) mass is 231 g/mol. The summed E-state index contributed by atoms with van der Waals surface area (Å²) < 4.78 is 1.82. The van der Waals surface area contributed by atoms with Gasteiger partial charge in [0.15, 0.2) is 5.82 Å². The zero-order chi connectivity index (χ0) is 12.4. The number of nitrogens with two attached hydrogens (primary N) is 1. The fraction of sp³-hybridized carbons (Fsp3) is 0.417. The molecule has 1 atom stereocenters. The molecule has 2 aromatic rings. The van der Waals surface area contributed by atoms with Crippen LogP contribution in [-0.2, 0) is 0 Å². The minimum absolute atomic E-state index is 0.306. The van der Waals surface area contributed by atoms with Gasteiger partial charge >= 0.3 is 0 Å². The van der Waals surface area contributed by atoms with E-state index in [4.69, 9.17) is 5.73 Å². The zero-order valence-electron chi connectivity index (χ0n) is 10.4. The van der Waals surface area contributed by atoms with E-state index in [2.05, 4.69) is 22.2 Å². The Morgan fingerprint density at radius 2 is 2.18 bits per heavy atom. The molecule has 0 aliphatic rings. The lowest BCUT2D eigenvalue weighted by atomic mass is 9.99. The minimum Gasteiger partial charge on any atom is -0.330 e. The lowest BCUT2D eigenvalue weighted by Crippen LogP contribution is -2.11. The van der Waals surface area contributed by atoms with Crippen LogP contribution in [0.15, 0.2) is 18.3 Å². The van der Waals surface area contributed by atoms with E-state index >= 15 is 0 Å². The highest BCUT2D eigenvalue weighted by Gasteiger charge is 2.17. The molecule has 5 nitrogen and oxygen atoms in total. The van der Waals surface area contributed by atoms with Crippen molar-refractivity contribution >= 4 is 0 Å². The topological polar surface area (TPSA) is 69.6 Å². The Balaban J connectivity index is 2.52. The molecule has 0 fully saturated rings. The molecule has 2 rings (SSSR count). The Hall–Kier alpha value is -1.75. The van der Waals surface area contributed by atoms with Gasteiger partial charge in [-0.25, -0.2) is 4.68 Å². The first-order valence-corrected chi connectivity index (χ1v) is 5.69. The Kier molecular flexibility index (Phi) is 3.19. The summed E-state index contributed by atoms with van der Waals surface area (Å²) in [7, 11) is 0. The lowest BCUT2D eigenvalue weighted by Gasteiger charge is -2.09. The van der Waals surface area contributed by atoms with E-state index in [1.165, 1.54) is 5.56 Å². The van der Waals surface area contributed by atoms with E-state index in [1.54, 1.807) is 6.20 Å². The molecular formula is C12H17N5. The smallest absolute Gasteiger partial charge is 0.175 e. The number of rotatable bonds is 3. The summed E-state index contributed by atoms with van der Waals surface area (Å²) in [5, 5.41) is 12.4. The summed E-state index contributed by atoms with van der Waals surface area (Å²) in [6.07, 6.45) is 1.65. The second-order valence-electron chi connectivity index (χ2n) is 4.21. The fourth-order valence-electron chi connectivity index (χ4n) is 2.12. The van der Waals surface area contributed by atoms with Crippen molar-refractivity contribution in [2.45, 2.75) is 26.7 Å². The summed E-state index contributed by atoms with van der Waals surface area (Å²) >= 11 is 0. The van der Waals surface area contributed by atoms with Crippen LogP contribution >= 0.6 is 0 Å². The van der Waals surface area contributed by atoms with E-state index in [0.717, 1.165) is 17.2 Å². The summed E-state index contributed by atoms with van der Waals surface area (Å²) in [5.74, 6) is 1.05. The highest BCUT2D eigenvalue weighted by molar-refractivity contribution is 5.34. The van der Waals surface area contributed by atoms with Gasteiger partial charge in [0, 0.05) is 17.5 Å². The van der Waals surface area contributed by atoms with Crippen molar-refractivity contribution in [1.82, 2.24) is 20.0 Å². The largest absolute Gasteiger partial charge is 0.330 e. The molecule has 0 radical (unpaired) electrons. The van der Waals surface area contributed by atoms with Gasteiger partial charge in [0.05, 0.1) is 5.69 Å². The van der Waals surface area contributed by atoms with Gasteiger partial charge in [0.1, 0.15) is 0 Å². The molecule has 0 bridgehead atoms. The van der Waals surface area contributed by atoms with E-state index in [0.29, 0.717) is 12.5 Å². The minimum atomic E-state index is 0.306. The van der Waals surface area contributed by atoms with Crippen molar-refractivity contribution in [3.63, 3.8) is 0 Å². The summed E-state index contributed by atoms with van der Waals surface area (Å²) in [6.45, 7) is 6.77. The number of aryl methyl sites for hydroxylation is 1. The third-order valence-corrected chi connectivity index (χ3v) is 2.97. The summed E-state index contributed by atoms with van der Waals surface area (Å²) in [6, 6.07) is 3.74. The molecule has 0 saturated carbocycles. The molecule has 0 aliphatic carbocycles. The molecule has 0 amide bonds. The second-order valence-corrected chi connectivity index (χ2v) is 4.21. The van der Waals surface area contributed by atoms with Crippen molar-refractivity contribution in [2.24, 2.45) is 5.73 Å². The Bertz CT molecular complexity index is 503. The van der Waals surface area contributed by atoms with Crippen LogP contribution in [-0.4, -0.2) is 26.5 Å². The first-order valence-electron chi connectivity index (χ1n) is 5.69. The van der Waals surface area contributed by atoms with E-state index in [1.807, 2.05) is 30.7 Å². The van der Waals surface area contributed by atoms with Crippen molar-refractivity contribution in [3.05, 3.63) is 35.3 Å². The predicted octanol–water partition coefficient (Wildman–Crippen LogP) is 1.34. The first kappa shape index (κ1) is 11.7. The molecular weight excluding hydrogens is 214 g/mol. The molecule has 1 unspecified atom stereocenters. The molecule has 0 spiro atoms. The molecule has 0 aliphatic heterocycles. The number of nitrogens with zero attached hydrogens (tertiary/aromatic N) is 4. The maximum Gasteiger partial charge on any atom is 0.175 e. The van der Waals surface area contributed by atoms with Gasteiger partial charge in [-0.15, -0.1) is 5.10 Å². The third kappa shape index (κ3) is 2.06. The molecule has 5 heteroatoms. The van der Waals surface area contributed by atoms with Crippen LogP contribution in [0.3, 0.4) is 0 Å². The number of aromatic nitrogens is 4. The van der Waals surface area contributed by atoms with Gasteiger partial charge in [-0.1, -0.05) is 6.92 Å². The van der Waals surface area contributed by atoms with E-state index < -0.39 is 0 Å². The fourth-order valence-corrected chi connectivity index (χ4v) is 2.12. The predicted molar refractivity (Wildman–Crippen MR) is 66.1 cm³/mol. The summed E-state index contributed by atoms with van der Waals surface area (Å²) in [5.41, 5.74) is 9.02. The van der Waals surface area contributed by atoms with Crippen LogP contribution in [0.4, 0.5) is 0 Å². The van der Waals surface area contributed by atoms with Gasteiger partial charge in [-0.05, 0) is 38.4 Å². The SMILES string of the molecule is Cc1nn(-c2cccnn2)c(C)c1C(C)CN. The lowest BCUT2D eigenvalue weighted by molar-refractivity contribution is 0.753. The zero-order valence-corrected chi connectivity index (χ0v) is 10.4. The molecule has 0 aromatic carbocycles. The third-order valence-electron chi connectivity index (χ3n) is 2.97. The first-order chi connectivity index (χ1) is 8.15. The van der Waals surface area contributed by atoms with Gasteiger partial charge in [-0.3, -0.25) is 0 Å². The maximum atomic E-state index is 5.72. The number of hydrogen-bond donors (Lipinski definition) is 1. The van der Waals surface area contributed by atoms with Crippen LogP contribution in [0, 0.1) is 13.8 Å². The van der Waals surface area contributed by atoms with Crippen LogP contribution in [0.2, 0.25) is 0 Å². The van der Waals surface area contributed by atoms with Gasteiger partial charge in [0.25, 0.3) is 0 Å². The van der Waals surface area contributed by atoms with E-state index in [9.17, 15) is 0 Å². The van der Waals surface area contributed by atoms with Crippen molar-refractivity contribution in [1.29, 1.82) is 0 Å². The highest BCUT2D eigenvalue weighted by Crippen LogP contribution is 2.23. The van der Waals surface area contributed by atoms with Crippen LogP contribution in [0.1, 0.15) is 29.8 Å². The van der Waals surface area contributed by atoms with Crippen LogP contribution in [0.5, 0.6) is 0 Å². The quantitative estimate of drug-likeness (QED) is 0.865. The summed E-state index contributed by atoms with van der Waals surface area (Å²) in [4.78, 5) is 0. The van der Waals surface area contributed by atoms with Gasteiger partial charge in [-0.2, -0.15) is 10.2 Å². The van der Waals surface area contributed by atoms with Crippen LogP contribution < -0.4 is 5.73 Å². The Morgan fingerprint density at radius 3 is 2.76 bits per heavy atom. The van der Waals surface area contributed by atoms with Crippen molar-refractivity contribution < 1.29 is 0 Å².